The lowest BCUT2D eigenvalue weighted by Crippen LogP contribution is -2.32. The van der Waals surface area contributed by atoms with Gasteiger partial charge in [0.05, 0.1) is 19.2 Å². The normalized spacial score (nSPS) is 13.5. The maximum absolute atomic E-state index is 12.6. The summed E-state index contributed by atoms with van der Waals surface area (Å²) in [6.07, 6.45) is 4.06. The summed E-state index contributed by atoms with van der Waals surface area (Å²) < 4.78 is 4.96. The maximum atomic E-state index is 12.6. The average molecular weight is 393 g/mol. The number of rotatable bonds is 7. The Labute approximate surface area is 162 Å². The zero-order valence-corrected chi connectivity index (χ0v) is 16.8. The molecule has 3 rings (SSSR count). The molecule has 140 valence electrons. The summed E-state index contributed by atoms with van der Waals surface area (Å²) in [5.41, 5.74) is 1.62. The fourth-order valence-corrected chi connectivity index (χ4v) is 5.28. The molecule has 1 aliphatic rings. The minimum absolute atomic E-state index is 0.0906. The number of methoxy groups -OCH3 is 1. The number of amides is 1. The molecule has 5 nitrogen and oxygen atoms in total. The lowest BCUT2D eigenvalue weighted by atomic mass is 9.95. The van der Waals surface area contributed by atoms with Gasteiger partial charge in [-0.25, -0.2) is 4.79 Å². The van der Waals surface area contributed by atoms with Crippen molar-refractivity contribution in [2.45, 2.75) is 39.2 Å². The zero-order valence-electron chi connectivity index (χ0n) is 15.2. The first-order chi connectivity index (χ1) is 12.6. The SMILES string of the molecule is CCN(CC(=O)Nc1sc2c(c1C(=O)OC)CCCC2)Cc1cccs1. The Bertz CT molecular complexity index is 768. The van der Waals surface area contributed by atoms with E-state index in [1.54, 1.807) is 11.3 Å². The summed E-state index contributed by atoms with van der Waals surface area (Å²) in [6, 6.07) is 4.10. The Morgan fingerprint density at radius 3 is 2.81 bits per heavy atom. The van der Waals surface area contributed by atoms with E-state index in [1.165, 1.54) is 28.2 Å². The Kier molecular flexibility index (Phi) is 6.45. The second-order valence-corrected chi connectivity index (χ2v) is 8.47. The molecular weight excluding hydrogens is 368 g/mol. The van der Waals surface area contributed by atoms with Crippen molar-refractivity contribution in [3.8, 4) is 0 Å². The molecule has 0 radical (unpaired) electrons. The molecule has 0 bridgehead atoms. The first-order valence-corrected chi connectivity index (χ1v) is 10.6. The summed E-state index contributed by atoms with van der Waals surface area (Å²) in [6.45, 7) is 3.89. The second kappa shape index (κ2) is 8.79. The van der Waals surface area contributed by atoms with Crippen LogP contribution in [0.4, 0.5) is 5.00 Å². The van der Waals surface area contributed by atoms with E-state index in [0.29, 0.717) is 17.1 Å². The second-order valence-electron chi connectivity index (χ2n) is 6.34. The summed E-state index contributed by atoms with van der Waals surface area (Å²) in [7, 11) is 1.39. The van der Waals surface area contributed by atoms with Crippen LogP contribution in [0.15, 0.2) is 17.5 Å². The van der Waals surface area contributed by atoms with Gasteiger partial charge in [0.1, 0.15) is 5.00 Å². The first kappa shape index (κ1) is 19.1. The van der Waals surface area contributed by atoms with E-state index in [1.807, 2.05) is 18.4 Å². The number of hydrogen-bond acceptors (Lipinski definition) is 6. The summed E-state index contributed by atoms with van der Waals surface area (Å²) >= 11 is 3.22. The molecule has 0 spiro atoms. The number of hydrogen-bond donors (Lipinski definition) is 1. The van der Waals surface area contributed by atoms with Crippen molar-refractivity contribution >= 4 is 39.6 Å². The fourth-order valence-electron chi connectivity index (χ4n) is 3.24. The van der Waals surface area contributed by atoms with E-state index in [0.717, 1.165) is 44.3 Å². The standard InChI is InChI=1S/C19H24N2O3S2/c1-3-21(11-13-7-6-10-25-13)12-16(22)20-18-17(19(23)24-2)14-8-4-5-9-15(14)26-18/h6-7,10H,3-5,8-9,11-12H2,1-2H3,(H,20,22). The molecule has 2 aromatic rings. The van der Waals surface area contributed by atoms with Gasteiger partial charge in [0.2, 0.25) is 5.91 Å². The zero-order chi connectivity index (χ0) is 18.5. The number of ether oxygens (including phenoxy) is 1. The predicted octanol–water partition coefficient (Wildman–Crippen LogP) is 3.94. The highest BCUT2D eigenvalue weighted by atomic mass is 32.1. The Morgan fingerprint density at radius 2 is 2.12 bits per heavy atom. The predicted molar refractivity (Wildman–Crippen MR) is 106 cm³/mol. The third-order valence-corrected chi connectivity index (χ3v) is 6.66. The number of carbonyl (C=O) groups is 2. The molecule has 0 aromatic carbocycles. The van der Waals surface area contributed by atoms with E-state index < -0.39 is 0 Å². The lowest BCUT2D eigenvalue weighted by Gasteiger charge is -2.19. The van der Waals surface area contributed by atoms with Crippen LogP contribution in [0.3, 0.4) is 0 Å². The molecule has 0 fully saturated rings. The van der Waals surface area contributed by atoms with Crippen molar-refractivity contribution in [3.05, 3.63) is 38.4 Å². The molecule has 1 amide bonds. The van der Waals surface area contributed by atoms with Crippen molar-refractivity contribution in [1.82, 2.24) is 4.90 Å². The van der Waals surface area contributed by atoms with Crippen LogP contribution >= 0.6 is 22.7 Å². The van der Waals surface area contributed by atoms with Crippen LogP contribution in [0, 0.1) is 0 Å². The van der Waals surface area contributed by atoms with Gasteiger partial charge in [-0.15, -0.1) is 22.7 Å². The molecule has 1 aliphatic carbocycles. The molecule has 2 heterocycles. The largest absolute Gasteiger partial charge is 0.465 e. The van der Waals surface area contributed by atoms with Gasteiger partial charge in [-0.3, -0.25) is 9.69 Å². The van der Waals surface area contributed by atoms with E-state index in [4.69, 9.17) is 4.74 Å². The third-order valence-electron chi connectivity index (χ3n) is 4.59. The Balaban J connectivity index is 1.72. The van der Waals surface area contributed by atoms with Crippen LogP contribution in [0.25, 0.3) is 0 Å². The number of nitrogens with zero attached hydrogens (tertiary/aromatic N) is 1. The van der Waals surface area contributed by atoms with Crippen LogP contribution in [-0.2, 0) is 28.9 Å². The minimum Gasteiger partial charge on any atom is -0.465 e. The van der Waals surface area contributed by atoms with Crippen molar-refractivity contribution in [2.75, 3.05) is 25.5 Å². The van der Waals surface area contributed by atoms with Crippen LogP contribution in [-0.4, -0.2) is 37.0 Å². The van der Waals surface area contributed by atoms with Gasteiger partial charge in [0, 0.05) is 16.3 Å². The Morgan fingerprint density at radius 1 is 1.31 bits per heavy atom. The van der Waals surface area contributed by atoms with E-state index in [-0.39, 0.29) is 11.9 Å². The van der Waals surface area contributed by atoms with Gasteiger partial charge in [0.15, 0.2) is 0 Å². The monoisotopic (exact) mass is 392 g/mol. The lowest BCUT2D eigenvalue weighted by molar-refractivity contribution is -0.117. The molecule has 2 aromatic heterocycles. The first-order valence-electron chi connectivity index (χ1n) is 8.89. The van der Waals surface area contributed by atoms with E-state index >= 15 is 0 Å². The summed E-state index contributed by atoms with van der Waals surface area (Å²) in [4.78, 5) is 29.4. The third kappa shape index (κ3) is 4.34. The Hall–Kier alpha value is -1.70. The summed E-state index contributed by atoms with van der Waals surface area (Å²) in [5, 5.41) is 5.65. The molecule has 0 saturated carbocycles. The highest BCUT2D eigenvalue weighted by molar-refractivity contribution is 7.17. The highest BCUT2D eigenvalue weighted by Crippen LogP contribution is 2.38. The molecule has 0 saturated heterocycles. The molecule has 0 atom stereocenters. The number of aryl methyl sites for hydroxylation is 1. The van der Waals surface area contributed by atoms with Crippen LogP contribution in [0.2, 0.25) is 0 Å². The molecule has 0 unspecified atom stereocenters. The smallest absolute Gasteiger partial charge is 0.341 e. The van der Waals surface area contributed by atoms with Crippen LogP contribution in [0.5, 0.6) is 0 Å². The molecule has 0 aliphatic heterocycles. The fraction of sp³-hybridized carbons (Fsp3) is 0.474. The van der Waals surface area contributed by atoms with Crippen LogP contribution in [0.1, 0.15) is 45.4 Å². The van der Waals surface area contributed by atoms with Crippen molar-refractivity contribution in [1.29, 1.82) is 0 Å². The number of carbonyl (C=O) groups excluding carboxylic acids is 2. The topological polar surface area (TPSA) is 58.6 Å². The molecule has 7 heteroatoms. The van der Waals surface area contributed by atoms with Crippen LogP contribution < -0.4 is 5.32 Å². The molecule has 1 N–H and O–H groups in total. The van der Waals surface area contributed by atoms with E-state index in [2.05, 4.69) is 16.3 Å². The van der Waals surface area contributed by atoms with Crippen molar-refractivity contribution < 1.29 is 14.3 Å². The molecular formula is C19H24N2O3S2. The molecule has 26 heavy (non-hydrogen) atoms. The van der Waals surface area contributed by atoms with Crippen molar-refractivity contribution in [2.24, 2.45) is 0 Å². The van der Waals surface area contributed by atoms with Gasteiger partial charge >= 0.3 is 5.97 Å². The number of esters is 1. The van der Waals surface area contributed by atoms with Gasteiger partial charge in [-0.1, -0.05) is 13.0 Å². The van der Waals surface area contributed by atoms with Gasteiger partial charge in [0.25, 0.3) is 0 Å². The van der Waals surface area contributed by atoms with Gasteiger partial charge < -0.3 is 10.1 Å². The number of nitrogens with one attached hydrogen (secondary N) is 1. The average Bonchev–Trinajstić information content (AvgIpc) is 3.27. The number of thiophene rings is 2. The minimum atomic E-state index is -0.356. The maximum Gasteiger partial charge on any atom is 0.341 e. The van der Waals surface area contributed by atoms with Crippen molar-refractivity contribution in [3.63, 3.8) is 0 Å². The highest BCUT2D eigenvalue weighted by Gasteiger charge is 2.27. The number of fused-ring (bicyclic) bond motifs is 1. The van der Waals surface area contributed by atoms with E-state index in [9.17, 15) is 9.59 Å². The number of anilines is 1. The number of likely N-dealkylation sites (N-methyl/N-ethyl adjacent to an activating group) is 1. The van der Waals surface area contributed by atoms with Gasteiger partial charge in [-0.2, -0.15) is 0 Å². The quantitative estimate of drug-likeness (QED) is 0.725. The van der Waals surface area contributed by atoms with Gasteiger partial charge in [-0.05, 0) is 49.2 Å². The summed E-state index contributed by atoms with van der Waals surface area (Å²) in [5.74, 6) is -0.446.